The molecule has 1 aliphatic rings. The number of anilines is 1. The van der Waals surface area contributed by atoms with Gasteiger partial charge in [0.2, 0.25) is 0 Å². The topological polar surface area (TPSA) is 27.6 Å². The molecule has 0 unspecified atom stereocenters. The number of nitrogens with one attached hydrogen (secondary N) is 1. The van der Waals surface area contributed by atoms with Crippen molar-refractivity contribution in [2.24, 2.45) is 22.2 Å². The van der Waals surface area contributed by atoms with Gasteiger partial charge in [0.05, 0.1) is 6.54 Å². The maximum Gasteiger partial charge on any atom is 0.115 e. The van der Waals surface area contributed by atoms with Gasteiger partial charge in [0, 0.05) is 18.8 Å². The largest absolute Gasteiger partial charge is 0.343 e. The zero-order valence-electron chi connectivity index (χ0n) is 18.7. The molecule has 1 N–H and O–H groups in total. The van der Waals surface area contributed by atoms with Crippen molar-refractivity contribution < 1.29 is 0 Å². The summed E-state index contributed by atoms with van der Waals surface area (Å²) in [6, 6.07) is 9.32. The van der Waals surface area contributed by atoms with Gasteiger partial charge in [0.15, 0.2) is 0 Å². The fourth-order valence-electron chi connectivity index (χ4n) is 4.33. The number of hydrogen-bond donors (Lipinski definition) is 1. The number of aliphatic imine (C=N–C) groups is 1. The molecule has 1 aromatic rings. The van der Waals surface area contributed by atoms with E-state index in [1.807, 2.05) is 7.05 Å². The van der Waals surface area contributed by atoms with Crippen molar-refractivity contribution in [3.8, 4) is 0 Å². The lowest BCUT2D eigenvalue weighted by molar-refractivity contribution is 0.119. The standard InChI is InChI=1S/C24H41N3/c1-18(2)16-19-10-8-9-11-22(19)26-23(25-6)17-27(7)21-14-12-20(13-15-21)24(3,4)5/h8-11,18,20-21H,12-17H2,1-7H3,(H,25,26). The Kier molecular flexibility index (Phi) is 7.91. The van der Waals surface area contributed by atoms with Crippen molar-refractivity contribution in [1.29, 1.82) is 0 Å². The molecule has 0 atom stereocenters. The quantitative estimate of drug-likeness (QED) is 0.501. The summed E-state index contributed by atoms with van der Waals surface area (Å²) < 4.78 is 0. The molecule has 1 fully saturated rings. The van der Waals surface area contributed by atoms with Crippen LogP contribution in [-0.2, 0) is 6.42 Å². The number of likely N-dealkylation sites (N-methyl/N-ethyl adjacent to an activating group) is 1. The number of amidine groups is 1. The highest BCUT2D eigenvalue weighted by Crippen LogP contribution is 2.38. The normalized spacial score (nSPS) is 21.7. The number of benzene rings is 1. The summed E-state index contributed by atoms with van der Waals surface area (Å²) in [6.45, 7) is 12.6. The van der Waals surface area contributed by atoms with E-state index in [4.69, 9.17) is 0 Å². The highest BCUT2D eigenvalue weighted by atomic mass is 15.2. The molecule has 3 heteroatoms. The summed E-state index contributed by atoms with van der Waals surface area (Å²) in [5, 5.41) is 3.61. The Morgan fingerprint density at radius 3 is 2.33 bits per heavy atom. The Balaban J connectivity index is 1.94. The molecule has 1 saturated carbocycles. The van der Waals surface area contributed by atoms with Gasteiger partial charge in [-0.15, -0.1) is 0 Å². The summed E-state index contributed by atoms with van der Waals surface area (Å²) >= 11 is 0. The molecule has 0 saturated heterocycles. The molecule has 1 aliphatic carbocycles. The van der Waals surface area contributed by atoms with Crippen LogP contribution >= 0.6 is 0 Å². The minimum Gasteiger partial charge on any atom is -0.343 e. The third kappa shape index (κ3) is 6.64. The van der Waals surface area contributed by atoms with Crippen LogP contribution in [0.3, 0.4) is 0 Å². The summed E-state index contributed by atoms with van der Waals surface area (Å²) in [6.07, 6.45) is 6.40. The molecule has 0 aliphatic heterocycles. The second-order valence-corrected chi connectivity index (χ2v) is 9.84. The molecule has 3 nitrogen and oxygen atoms in total. The van der Waals surface area contributed by atoms with E-state index >= 15 is 0 Å². The minimum absolute atomic E-state index is 0.446. The van der Waals surface area contributed by atoms with Crippen LogP contribution in [0.15, 0.2) is 29.3 Å². The van der Waals surface area contributed by atoms with Gasteiger partial charge in [-0.2, -0.15) is 0 Å². The molecule has 0 bridgehead atoms. The number of para-hydroxylation sites is 1. The van der Waals surface area contributed by atoms with E-state index < -0.39 is 0 Å². The van der Waals surface area contributed by atoms with Gasteiger partial charge in [-0.05, 0) is 68.0 Å². The molecular formula is C24H41N3. The molecular weight excluding hydrogens is 330 g/mol. The van der Waals surface area contributed by atoms with Crippen LogP contribution in [0.4, 0.5) is 5.69 Å². The van der Waals surface area contributed by atoms with Crippen LogP contribution < -0.4 is 5.32 Å². The van der Waals surface area contributed by atoms with Crippen LogP contribution in [0.25, 0.3) is 0 Å². The average molecular weight is 372 g/mol. The van der Waals surface area contributed by atoms with Gasteiger partial charge in [-0.25, -0.2) is 0 Å². The van der Waals surface area contributed by atoms with Gasteiger partial charge in [0.25, 0.3) is 0 Å². The van der Waals surface area contributed by atoms with E-state index in [1.54, 1.807) is 0 Å². The molecule has 1 aromatic carbocycles. The van der Waals surface area contributed by atoms with E-state index in [9.17, 15) is 0 Å². The van der Waals surface area contributed by atoms with E-state index in [0.29, 0.717) is 17.4 Å². The monoisotopic (exact) mass is 371 g/mol. The summed E-state index contributed by atoms with van der Waals surface area (Å²) in [5.41, 5.74) is 3.03. The first-order chi connectivity index (χ1) is 12.7. The van der Waals surface area contributed by atoms with Gasteiger partial charge in [-0.1, -0.05) is 52.8 Å². The highest BCUT2D eigenvalue weighted by Gasteiger charge is 2.31. The molecule has 0 heterocycles. The number of nitrogens with zero attached hydrogens (tertiary/aromatic N) is 2. The minimum atomic E-state index is 0.446. The van der Waals surface area contributed by atoms with Crippen molar-refractivity contribution in [3.05, 3.63) is 29.8 Å². The third-order valence-electron chi connectivity index (χ3n) is 6.14. The predicted molar refractivity (Wildman–Crippen MR) is 120 cm³/mol. The molecule has 27 heavy (non-hydrogen) atoms. The molecule has 152 valence electrons. The highest BCUT2D eigenvalue weighted by molar-refractivity contribution is 5.97. The van der Waals surface area contributed by atoms with E-state index in [1.165, 1.54) is 36.9 Å². The fourth-order valence-corrected chi connectivity index (χ4v) is 4.33. The third-order valence-corrected chi connectivity index (χ3v) is 6.14. The maximum atomic E-state index is 4.56. The molecule has 0 amide bonds. The van der Waals surface area contributed by atoms with Crippen LogP contribution in [-0.4, -0.2) is 37.4 Å². The van der Waals surface area contributed by atoms with E-state index in [-0.39, 0.29) is 0 Å². The first-order valence-electron chi connectivity index (χ1n) is 10.7. The van der Waals surface area contributed by atoms with Gasteiger partial charge < -0.3 is 5.32 Å². The maximum absolute atomic E-state index is 4.56. The SMILES string of the molecule is CN=C(CN(C)C1CCC(C(C)(C)C)CC1)Nc1ccccc1CC(C)C. The lowest BCUT2D eigenvalue weighted by atomic mass is 9.71. The number of rotatable bonds is 6. The summed E-state index contributed by atoms with van der Waals surface area (Å²) in [7, 11) is 4.16. The average Bonchev–Trinajstić information content (AvgIpc) is 2.61. The summed E-state index contributed by atoms with van der Waals surface area (Å²) in [5.74, 6) is 2.57. The first-order valence-corrected chi connectivity index (χ1v) is 10.7. The molecule has 0 aromatic heterocycles. The Morgan fingerprint density at radius 1 is 1.15 bits per heavy atom. The summed E-state index contributed by atoms with van der Waals surface area (Å²) in [4.78, 5) is 7.06. The molecule has 0 spiro atoms. The Morgan fingerprint density at radius 2 is 1.78 bits per heavy atom. The van der Waals surface area contributed by atoms with Crippen molar-refractivity contribution in [2.75, 3.05) is 26.0 Å². The van der Waals surface area contributed by atoms with Crippen molar-refractivity contribution in [3.63, 3.8) is 0 Å². The van der Waals surface area contributed by atoms with Crippen LogP contribution in [0.2, 0.25) is 0 Å². The van der Waals surface area contributed by atoms with Gasteiger partial charge in [0.1, 0.15) is 5.84 Å². The van der Waals surface area contributed by atoms with Gasteiger partial charge >= 0.3 is 0 Å². The van der Waals surface area contributed by atoms with Crippen LogP contribution in [0.1, 0.15) is 65.9 Å². The van der Waals surface area contributed by atoms with Gasteiger partial charge in [-0.3, -0.25) is 9.89 Å². The van der Waals surface area contributed by atoms with Crippen LogP contribution in [0, 0.1) is 17.3 Å². The molecule has 2 rings (SSSR count). The van der Waals surface area contributed by atoms with Crippen molar-refractivity contribution >= 4 is 11.5 Å². The predicted octanol–water partition coefficient (Wildman–Crippen LogP) is 5.86. The number of hydrogen-bond acceptors (Lipinski definition) is 2. The van der Waals surface area contributed by atoms with E-state index in [2.05, 4.69) is 81.1 Å². The Bertz CT molecular complexity index is 604. The van der Waals surface area contributed by atoms with Crippen LogP contribution in [0.5, 0.6) is 0 Å². The zero-order chi connectivity index (χ0) is 20.0. The second-order valence-electron chi connectivity index (χ2n) is 9.84. The lowest BCUT2D eigenvalue weighted by Gasteiger charge is -2.40. The first kappa shape index (κ1) is 21.9. The fraction of sp³-hybridized carbons (Fsp3) is 0.708. The van der Waals surface area contributed by atoms with Crippen molar-refractivity contribution in [1.82, 2.24) is 4.90 Å². The Labute approximate surface area is 167 Å². The van der Waals surface area contributed by atoms with Crippen molar-refractivity contribution in [2.45, 2.75) is 72.8 Å². The molecule has 0 radical (unpaired) electrons. The second kappa shape index (κ2) is 9.73. The lowest BCUT2D eigenvalue weighted by Crippen LogP contribution is -2.41. The van der Waals surface area contributed by atoms with E-state index in [0.717, 1.165) is 24.7 Å². The zero-order valence-corrected chi connectivity index (χ0v) is 18.7. The Hall–Kier alpha value is -1.35. The smallest absolute Gasteiger partial charge is 0.115 e.